The highest BCUT2D eigenvalue weighted by atomic mass is 35.5. The number of hydrogen-bond acceptors (Lipinski definition) is 4. The van der Waals surface area contributed by atoms with Gasteiger partial charge in [-0.25, -0.2) is 17.5 Å². The second kappa shape index (κ2) is 6.97. The molecule has 0 aliphatic carbocycles. The maximum absolute atomic E-state index is 13.6. The summed E-state index contributed by atoms with van der Waals surface area (Å²) in [4.78, 5) is 10.8. The molecule has 0 bridgehead atoms. The molecule has 6 nitrogen and oxygen atoms in total. The van der Waals surface area contributed by atoms with E-state index in [1.807, 2.05) is 0 Å². The van der Waals surface area contributed by atoms with Crippen molar-refractivity contribution in [3.8, 4) is 0 Å². The van der Waals surface area contributed by atoms with Crippen LogP contribution < -0.4 is 5.56 Å². The van der Waals surface area contributed by atoms with Crippen molar-refractivity contribution in [2.45, 2.75) is 17.1 Å². The first-order valence-corrected chi connectivity index (χ1v) is 8.70. The van der Waals surface area contributed by atoms with E-state index in [9.17, 15) is 30.8 Å². The monoisotopic (exact) mass is 413 g/mol. The SMILES string of the molecule is CN([C@H](c1ccc(Cl)c(F)c1)C(F)(F)F)S(=O)(=O)c1cnn(C)c(=O)c1. The molecule has 0 aliphatic heterocycles. The summed E-state index contributed by atoms with van der Waals surface area (Å²) < 4.78 is 80.1. The zero-order valence-corrected chi connectivity index (χ0v) is 14.9. The molecule has 1 aromatic carbocycles. The van der Waals surface area contributed by atoms with Crippen LogP contribution in [0.3, 0.4) is 0 Å². The molecule has 2 rings (SSSR count). The van der Waals surface area contributed by atoms with Gasteiger partial charge in [0.1, 0.15) is 16.8 Å². The highest BCUT2D eigenvalue weighted by molar-refractivity contribution is 7.89. The molecule has 0 saturated carbocycles. The van der Waals surface area contributed by atoms with Crippen molar-refractivity contribution in [1.29, 1.82) is 0 Å². The number of rotatable bonds is 4. The van der Waals surface area contributed by atoms with E-state index in [-0.39, 0.29) is 4.31 Å². The van der Waals surface area contributed by atoms with E-state index in [1.165, 1.54) is 7.05 Å². The first-order valence-electron chi connectivity index (χ1n) is 6.88. The largest absolute Gasteiger partial charge is 0.409 e. The standard InChI is InChI=1S/C14H12ClF4N3O3S/c1-21-12(23)6-9(7-20-21)26(24,25)22(2)13(14(17,18)19)8-3-4-10(15)11(16)5-8/h3-7,13H,1-2H3/t13-/m1/s1. The lowest BCUT2D eigenvalue weighted by atomic mass is 10.1. The minimum atomic E-state index is -5.06. The van der Waals surface area contributed by atoms with Crippen LogP contribution >= 0.6 is 11.6 Å². The topological polar surface area (TPSA) is 72.3 Å². The lowest BCUT2D eigenvalue weighted by Gasteiger charge is -2.29. The van der Waals surface area contributed by atoms with Crippen molar-refractivity contribution in [3.63, 3.8) is 0 Å². The number of aromatic nitrogens is 2. The number of hydrogen-bond donors (Lipinski definition) is 0. The van der Waals surface area contributed by atoms with E-state index in [4.69, 9.17) is 11.6 Å². The van der Waals surface area contributed by atoms with Crippen molar-refractivity contribution in [3.05, 3.63) is 57.2 Å². The minimum absolute atomic E-state index is 0.00608. The van der Waals surface area contributed by atoms with E-state index in [0.717, 1.165) is 23.0 Å². The third-order valence-electron chi connectivity index (χ3n) is 3.55. The van der Waals surface area contributed by atoms with Gasteiger partial charge in [0.15, 0.2) is 0 Å². The fourth-order valence-corrected chi connectivity index (χ4v) is 3.59. The normalized spacial score (nSPS) is 13.8. The summed E-state index contributed by atoms with van der Waals surface area (Å²) in [7, 11) is -2.82. The van der Waals surface area contributed by atoms with Crippen LogP contribution in [0.1, 0.15) is 11.6 Å². The van der Waals surface area contributed by atoms with Crippen molar-refractivity contribution >= 4 is 21.6 Å². The highest BCUT2D eigenvalue weighted by Crippen LogP contribution is 2.40. The average molecular weight is 414 g/mol. The van der Waals surface area contributed by atoms with Gasteiger partial charge in [-0.05, 0) is 17.7 Å². The molecule has 0 radical (unpaired) electrons. The zero-order chi connectivity index (χ0) is 19.9. The summed E-state index contributed by atoms with van der Waals surface area (Å²) in [6, 6.07) is 0.232. The second-order valence-electron chi connectivity index (χ2n) is 5.29. The Labute approximate surface area is 150 Å². The maximum atomic E-state index is 13.6. The van der Waals surface area contributed by atoms with Crippen LogP contribution in [0.4, 0.5) is 17.6 Å². The number of benzene rings is 1. The molecule has 12 heteroatoms. The van der Waals surface area contributed by atoms with Crippen molar-refractivity contribution < 1.29 is 26.0 Å². The van der Waals surface area contributed by atoms with Gasteiger partial charge in [0.05, 0.1) is 11.2 Å². The molecule has 0 unspecified atom stereocenters. The van der Waals surface area contributed by atoms with Crippen molar-refractivity contribution in [1.82, 2.24) is 14.1 Å². The predicted octanol–water partition coefficient (Wildman–Crippen LogP) is 2.50. The summed E-state index contributed by atoms with van der Waals surface area (Å²) in [6.45, 7) is 0. The van der Waals surface area contributed by atoms with E-state index in [1.54, 1.807) is 0 Å². The van der Waals surface area contributed by atoms with E-state index >= 15 is 0 Å². The Morgan fingerprint density at radius 1 is 1.27 bits per heavy atom. The molecule has 0 saturated heterocycles. The third kappa shape index (κ3) is 3.89. The molecule has 0 aliphatic rings. The van der Waals surface area contributed by atoms with Crippen LogP contribution in [0.5, 0.6) is 0 Å². The number of alkyl halides is 3. The zero-order valence-electron chi connectivity index (χ0n) is 13.3. The summed E-state index contributed by atoms with van der Waals surface area (Å²) in [5.74, 6) is -1.13. The van der Waals surface area contributed by atoms with Crippen LogP contribution in [-0.2, 0) is 17.1 Å². The molecule has 0 amide bonds. The van der Waals surface area contributed by atoms with Gasteiger partial charge in [0.2, 0.25) is 10.0 Å². The fourth-order valence-electron chi connectivity index (χ4n) is 2.19. The van der Waals surface area contributed by atoms with Crippen LogP contribution in [0, 0.1) is 5.82 Å². The molecular weight excluding hydrogens is 402 g/mol. The Bertz CT molecular complexity index is 992. The summed E-state index contributed by atoms with van der Waals surface area (Å²) in [5.41, 5.74) is -1.48. The molecule has 2 aromatic rings. The number of nitrogens with zero attached hydrogens (tertiary/aromatic N) is 3. The second-order valence-corrected chi connectivity index (χ2v) is 7.70. The Hall–Kier alpha value is -1.98. The smallest absolute Gasteiger partial charge is 0.268 e. The molecule has 142 valence electrons. The number of aryl methyl sites for hydroxylation is 1. The first-order chi connectivity index (χ1) is 11.9. The lowest BCUT2D eigenvalue weighted by molar-refractivity contribution is -0.171. The van der Waals surface area contributed by atoms with Gasteiger partial charge in [-0.2, -0.15) is 22.6 Å². The van der Waals surface area contributed by atoms with Gasteiger partial charge >= 0.3 is 6.18 Å². The van der Waals surface area contributed by atoms with Crippen LogP contribution in [0.2, 0.25) is 5.02 Å². The first kappa shape index (κ1) is 20.3. The molecule has 26 heavy (non-hydrogen) atoms. The summed E-state index contributed by atoms with van der Waals surface area (Å²) in [5, 5.41) is 3.08. The molecule has 1 atom stereocenters. The summed E-state index contributed by atoms with van der Waals surface area (Å²) in [6.07, 6.45) is -4.31. The van der Waals surface area contributed by atoms with Gasteiger partial charge in [0, 0.05) is 20.2 Å². The molecule has 1 aromatic heterocycles. The fraction of sp³-hybridized carbons (Fsp3) is 0.286. The number of halogens is 5. The molecule has 0 fully saturated rings. The quantitative estimate of drug-likeness (QED) is 0.722. The maximum Gasteiger partial charge on any atom is 0.409 e. The lowest BCUT2D eigenvalue weighted by Crippen LogP contribution is -2.40. The molecule has 0 spiro atoms. The van der Waals surface area contributed by atoms with Crippen LogP contribution in [0.15, 0.2) is 40.2 Å². The Morgan fingerprint density at radius 2 is 1.88 bits per heavy atom. The van der Waals surface area contributed by atoms with Crippen molar-refractivity contribution in [2.24, 2.45) is 7.05 Å². The summed E-state index contributed by atoms with van der Waals surface area (Å²) >= 11 is 5.46. The van der Waals surface area contributed by atoms with E-state index in [0.29, 0.717) is 19.2 Å². The van der Waals surface area contributed by atoms with Gasteiger partial charge in [-0.1, -0.05) is 17.7 Å². The molecule has 1 heterocycles. The van der Waals surface area contributed by atoms with Gasteiger partial charge in [0.25, 0.3) is 5.56 Å². The van der Waals surface area contributed by atoms with Crippen LogP contribution in [0.25, 0.3) is 0 Å². The highest BCUT2D eigenvalue weighted by Gasteiger charge is 2.48. The van der Waals surface area contributed by atoms with E-state index < -0.39 is 49.1 Å². The molecule has 0 N–H and O–H groups in total. The Morgan fingerprint density at radius 3 is 2.38 bits per heavy atom. The van der Waals surface area contributed by atoms with E-state index in [2.05, 4.69) is 5.10 Å². The van der Waals surface area contributed by atoms with Crippen LogP contribution in [-0.4, -0.2) is 35.7 Å². The molecular formula is C14H12ClF4N3O3S. The minimum Gasteiger partial charge on any atom is -0.268 e. The van der Waals surface area contributed by atoms with Gasteiger partial charge in [-0.3, -0.25) is 4.79 Å². The predicted molar refractivity (Wildman–Crippen MR) is 84.6 cm³/mol. The van der Waals surface area contributed by atoms with Crippen molar-refractivity contribution in [2.75, 3.05) is 7.05 Å². The average Bonchev–Trinajstić information content (AvgIpc) is 2.52. The number of sulfonamides is 1. The van der Waals surface area contributed by atoms with Gasteiger partial charge < -0.3 is 0 Å². The Balaban J connectivity index is 2.59. The Kier molecular flexibility index (Phi) is 5.45. The third-order valence-corrected chi connectivity index (χ3v) is 5.65. The van der Waals surface area contributed by atoms with Gasteiger partial charge in [-0.15, -0.1) is 0 Å².